The maximum Gasteiger partial charge on any atom is 0.318 e. The van der Waals surface area contributed by atoms with E-state index in [4.69, 9.17) is 21.1 Å². The van der Waals surface area contributed by atoms with Gasteiger partial charge in [-0.2, -0.15) is 0 Å². The van der Waals surface area contributed by atoms with Gasteiger partial charge in [-0.15, -0.1) is 10.2 Å². The molecule has 5 nitrogen and oxygen atoms in total. The molecule has 1 heterocycles. The number of halogens is 1. The van der Waals surface area contributed by atoms with Gasteiger partial charge in [0.1, 0.15) is 5.75 Å². The molecule has 3 aromatic rings. The summed E-state index contributed by atoms with van der Waals surface area (Å²) in [5, 5.41) is 8.03. The largest absolute Gasteiger partial charge is 0.434 e. The number of para-hydroxylation sites is 1. The smallest absolute Gasteiger partial charge is 0.318 e. The lowest BCUT2D eigenvalue weighted by atomic mass is 10.0. The van der Waals surface area contributed by atoms with E-state index in [0.29, 0.717) is 5.92 Å². The lowest BCUT2D eigenvalue weighted by Gasteiger charge is -2.16. The van der Waals surface area contributed by atoms with Crippen molar-refractivity contribution >= 4 is 17.6 Å². The highest BCUT2D eigenvalue weighted by Gasteiger charge is 2.29. The third-order valence-corrected chi connectivity index (χ3v) is 5.20. The molecular formula is C23H21ClN2O3. The van der Waals surface area contributed by atoms with E-state index >= 15 is 0 Å². The first-order valence-corrected chi connectivity index (χ1v) is 9.98. The lowest BCUT2D eigenvalue weighted by molar-refractivity contribution is -0.135. The minimum atomic E-state index is -0.448. The Bertz CT molecular complexity index is 1040. The fourth-order valence-corrected chi connectivity index (χ4v) is 3.32. The Hall–Kier alpha value is -2.92. The molecule has 29 heavy (non-hydrogen) atoms. The van der Waals surface area contributed by atoms with Crippen molar-refractivity contribution in [3.05, 3.63) is 76.4 Å². The standard InChI is InChI=1S/C23H21ClN2O3/c1-14-7-6-10-18(17-11-12-17)21(14)29-22-19(13-20(24)25-26-22)28-23(27)15(2)16-8-4-3-5-9-16/h3-10,13,15,17H,11-12H2,1-2H3. The number of aryl methyl sites for hydroxylation is 1. The average molecular weight is 409 g/mol. The van der Waals surface area contributed by atoms with Crippen LogP contribution in [0.5, 0.6) is 17.4 Å². The van der Waals surface area contributed by atoms with Crippen LogP contribution in [0.1, 0.15) is 48.3 Å². The van der Waals surface area contributed by atoms with Crippen molar-refractivity contribution in [2.75, 3.05) is 0 Å². The number of hydrogen-bond donors (Lipinski definition) is 0. The molecule has 1 atom stereocenters. The second-order valence-electron chi connectivity index (χ2n) is 7.26. The van der Waals surface area contributed by atoms with E-state index in [1.807, 2.05) is 49.4 Å². The molecule has 0 bridgehead atoms. The van der Waals surface area contributed by atoms with Gasteiger partial charge in [-0.05, 0) is 49.3 Å². The van der Waals surface area contributed by atoms with Crippen LogP contribution >= 0.6 is 11.6 Å². The van der Waals surface area contributed by atoms with Gasteiger partial charge in [0.15, 0.2) is 10.9 Å². The number of ether oxygens (including phenoxy) is 2. The minimum absolute atomic E-state index is 0.124. The van der Waals surface area contributed by atoms with Crippen molar-refractivity contribution < 1.29 is 14.3 Å². The molecule has 1 aliphatic carbocycles. The van der Waals surface area contributed by atoms with Gasteiger partial charge in [0.25, 0.3) is 5.88 Å². The number of carbonyl (C=O) groups is 1. The van der Waals surface area contributed by atoms with Crippen molar-refractivity contribution in [3.63, 3.8) is 0 Å². The number of benzene rings is 2. The van der Waals surface area contributed by atoms with Crippen LogP contribution in [-0.4, -0.2) is 16.2 Å². The Balaban J connectivity index is 1.61. The number of aromatic nitrogens is 2. The fourth-order valence-electron chi connectivity index (χ4n) is 3.19. The Labute approximate surface area is 174 Å². The number of esters is 1. The normalized spacial score (nSPS) is 14.3. The van der Waals surface area contributed by atoms with Crippen LogP contribution in [0.4, 0.5) is 0 Å². The highest BCUT2D eigenvalue weighted by atomic mass is 35.5. The molecule has 0 spiro atoms. The maximum atomic E-state index is 12.7. The molecule has 4 rings (SSSR count). The van der Waals surface area contributed by atoms with Crippen molar-refractivity contribution in [1.29, 1.82) is 0 Å². The third kappa shape index (κ3) is 4.40. The molecule has 148 valence electrons. The third-order valence-electron chi connectivity index (χ3n) is 5.02. The van der Waals surface area contributed by atoms with Gasteiger partial charge in [-0.3, -0.25) is 4.79 Å². The lowest BCUT2D eigenvalue weighted by Crippen LogP contribution is -2.17. The summed E-state index contributed by atoms with van der Waals surface area (Å²) in [4.78, 5) is 12.7. The van der Waals surface area contributed by atoms with Crippen LogP contribution in [0.25, 0.3) is 0 Å². The first kappa shape index (κ1) is 19.4. The molecular weight excluding hydrogens is 388 g/mol. The zero-order valence-electron chi connectivity index (χ0n) is 16.3. The Morgan fingerprint density at radius 3 is 2.59 bits per heavy atom. The minimum Gasteiger partial charge on any atom is -0.434 e. The second-order valence-corrected chi connectivity index (χ2v) is 7.65. The Kier molecular flexibility index (Phi) is 5.49. The fraction of sp³-hybridized carbons (Fsp3) is 0.261. The first-order chi connectivity index (χ1) is 14.0. The summed E-state index contributed by atoms with van der Waals surface area (Å²) in [6.45, 7) is 3.77. The SMILES string of the molecule is Cc1cccc(C2CC2)c1Oc1nnc(Cl)cc1OC(=O)C(C)c1ccccc1. The van der Waals surface area contributed by atoms with E-state index in [1.54, 1.807) is 6.92 Å². The van der Waals surface area contributed by atoms with Crippen LogP contribution < -0.4 is 9.47 Å². The van der Waals surface area contributed by atoms with E-state index in [0.717, 1.165) is 35.3 Å². The molecule has 6 heteroatoms. The monoisotopic (exact) mass is 408 g/mol. The molecule has 0 saturated heterocycles. The molecule has 1 saturated carbocycles. The van der Waals surface area contributed by atoms with Crippen molar-refractivity contribution in [3.8, 4) is 17.4 Å². The second kappa shape index (κ2) is 8.21. The van der Waals surface area contributed by atoms with Gasteiger partial charge in [0, 0.05) is 6.07 Å². The Morgan fingerprint density at radius 1 is 1.10 bits per heavy atom. The topological polar surface area (TPSA) is 61.3 Å². The van der Waals surface area contributed by atoms with Gasteiger partial charge >= 0.3 is 5.97 Å². The molecule has 1 aliphatic rings. The Morgan fingerprint density at radius 2 is 1.86 bits per heavy atom. The van der Waals surface area contributed by atoms with E-state index < -0.39 is 11.9 Å². The number of carbonyl (C=O) groups excluding carboxylic acids is 1. The molecule has 1 fully saturated rings. The van der Waals surface area contributed by atoms with Gasteiger partial charge in [-0.25, -0.2) is 0 Å². The molecule has 1 unspecified atom stereocenters. The molecule has 1 aromatic heterocycles. The number of hydrogen-bond acceptors (Lipinski definition) is 5. The van der Waals surface area contributed by atoms with Gasteiger partial charge in [0.05, 0.1) is 5.92 Å². The van der Waals surface area contributed by atoms with E-state index in [1.165, 1.54) is 6.07 Å². The van der Waals surface area contributed by atoms with Gasteiger partial charge < -0.3 is 9.47 Å². The zero-order chi connectivity index (χ0) is 20.4. The predicted molar refractivity (Wildman–Crippen MR) is 111 cm³/mol. The van der Waals surface area contributed by atoms with Crippen LogP contribution in [-0.2, 0) is 4.79 Å². The molecule has 0 radical (unpaired) electrons. The van der Waals surface area contributed by atoms with E-state index in [9.17, 15) is 4.79 Å². The highest BCUT2D eigenvalue weighted by Crippen LogP contribution is 2.47. The van der Waals surface area contributed by atoms with E-state index in [-0.39, 0.29) is 16.8 Å². The van der Waals surface area contributed by atoms with E-state index in [2.05, 4.69) is 16.3 Å². The van der Waals surface area contributed by atoms with Crippen molar-refractivity contribution in [1.82, 2.24) is 10.2 Å². The molecule has 0 aliphatic heterocycles. The summed E-state index contributed by atoms with van der Waals surface area (Å²) >= 11 is 6.00. The predicted octanol–water partition coefficient (Wildman–Crippen LogP) is 5.82. The molecule has 0 N–H and O–H groups in total. The van der Waals surface area contributed by atoms with Crippen LogP contribution in [0.3, 0.4) is 0 Å². The van der Waals surface area contributed by atoms with Crippen molar-refractivity contribution in [2.24, 2.45) is 0 Å². The maximum absolute atomic E-state index is 12.7. The van der Waals surface area contributed by atoms with Crippen LogP contribution in [0.2, 0.25) is 5.15 Å². The summed E-state index contributed by atoms with van der Waals surface area (Å²) in [5.74, 6) is 0.644. The molecule has 2 aromatic carbocycles. The highest BCUT2D eigenvalue weighted by molar-refractivity contribution is 6.29. The van der Waals surface area contributed by atoms with Gasteiger partial charge in [0.2, 0.25) is 0 Å². The zero-order valence-corrected chi connectivity index (χ0v) is 17.0. The van der Waals surface area contributed by atoms with Crippen LogP contribution in [0.15, 0.2) is 54.6 Å². The summed E-state index contributed by atoms with van der Waals surface area (Å²) < 4.78 is 11.7. The summed E-state index contributed by atoms with van der Waals surface area (Å²) in [5.41, 5.74) is 2.99. The molecule has 0 amide bonds. The number of rotatable bonds is 6. The summed E-state index contributed by atoms with van der Waals surface area (Å²) in [7, 11) is 0. The average Bonchev–Trinajstić information content (AvgIpc) is 3.56. The summed E-state index contributed by atoms with van der Waals surface area (Å²) in [6.07, 6.45) is 2.28. The quantitative estimate of drug-likeness (QED) is 0.481. The summed E-state index contributed by atoms with van der Waals surface area (Å²) in [6, 6.07) is 17.0. The first-order valence-electron chi connectivity index (χ1n) is 9.60. The van der Waals surface area contributed by atoms with Gasteiger partial charge in [-0.1, -0.05) is 60.1 Å². The van der Waals surface area contributed by atoms with Crippen LogP contribution in [0, 0.1) is 6.92 Å². The van der Waals surface area contributed by atoms with Crippen molar-refractivity contribution in [2.45, 2.75) is 38.5 Å². The number of nitrogens with zero attached hydrogens (tertiary/aromatic N) is 2.